The number of halogens is 1. The molecule has 0 amide bonds. The van der Waals surface area contributed by atoms with E-state index >= 15 is 0 Å². The van der Waals surface area contributed by atoms with Crippen LogP contribution >= 0.6 is 0 Å². The van der Waals surface area contributed by atoms with Crippen LogP contribution in [0.1, 0.15) is 12.5 Å². The van der Waals surface area contributed by atoms with Crippen molar-refractivity contribution in [2.24, 2.45) is 4.99 Å². The quantitative estimate of drug-likeness (QED) is 0.665. The fourth-order valence-corrected chi connectivity index (χ4v) is 4.66. The SMILES string of the molecule is CCOc1ccc(S(=O)(=O)c2ccc(C[N+]34C=CC=CC3=NC=C4)cc2)cc1F. The lowest BCUT2D eigenvalue weighted by molar-refractivity contribution is -0.743. The summed E-state index contributed by atoms with van der Waals surface area (Å²) in [5, 5.41) is 0. The molecule has 2 aromatic carbocycles. The predicted octanol–water partition coefficient (Wildman–Crippen LogP) is 4.34. The molecule has 0 spiro atoms. The standard InChI is InChI=1S/C22H20FN2O3S/c1-2-28-21-11-10-19(15-20(21)23)29(26,27)18-8-6-17(7-9-18)16-25-13-4-3-5-22(25)24-12-14-25/h3-15H,2,16H2,1H3/q+1. The highest BCUT2D eigenvalue weighted by atomic mass is 32.2. The maximum atomic E-state index is 14.1. The number of benzene rings is 2. The number of sulfone groups is 1. The van der Waals surface area contributed by atoms with E-state index in [4.69, 9.17) is 4.74 Å². The summed E-state index contributed by atoms with van der Waals surface area (Å²) in [4.78, 5) is 4.39. The summed E-state index contributed by atoms with van der Waals surface area (Å²) in [5.41, 5.74) is 0.959. The van der Waals surface area contributed by atoms with Crippen LogP contribution in [0.15, 0.2) is 94.1 Å². The lowest BCUT2D eigenvalue weighted by Crippen LogP contribution is -2.40. The number of aliphatic imine (C=N–C) groups is 1. The average Bonchev–Trinajstić information content (AvgIpc) is 3.13. The van der Waals surface area contributed by atoms with E-state index in [-0.39, 0.29) is 15.5 Å². The van der Waals surface area contributed by atoms with Gasteiger partial charge in [0.1, 0.15) is 18.9 Å². The van der Waals surface area contributed by atoms with Crippen molar-refractivity contribution in [2.75, 3.05) is 6.61 Å². The van der Waals surface area contributed by atoms with Crippen molar-refractivity contribution >= 4 is 15.7 Å². The van der Waals surface area contributed by atoms with Crippen LogP contribution in [0.3, 0.4) is 0 Å². The van der Waals surface area contributed by atoms with Gasteiger partial charge in [0, 0.05) is 11.6 Å². The second-order valence-corrected chi connectivity index (χ2v) is 8.70. The number of hydrogen-bond acceptors (Lipinski definition) is 4. The van der Waals surface area contributed by atoms with Crippen molar-refractivity contribution in [1.82, 2.24) is 0 Å². The molecule has 2 aromatic rings. The van der Waals surface area contributed by atoms with Crippen LogP contribution in [0, 0.1) is 5.82 Å². The molecule has 0 aliphatic carbocycles. The zero-order valence-corrected chi connectivity index (χ0v) is 16.6. The first-order chi connectivity index (χ1) is 13.9. The van der Waals surface area contributed by atoms with E-state index in [2.05, 4.69) is 4.99 Å². The summed E-state index contributed by atoms with van der Waals surface area (Å²) in [5.74, 6) is 0.252. The Hall–Kier alpha value is -3.03. The summed E-state index contributed by atoms with van der Waals surface area (Å²) in [6.07, 6.45) is 11.7. The Balaban J connectivity index is 1.58. The zero-order valence-electron chi connectivity index (χ0n) is 15.8. The molecule has 0 fully saturated rings. The largest absolute Gasteiger partial charge is 0.491 e. The monoisotopic (exact) mass is 411 g/mol. The van der Waals surface area contributed by atoms with Gasteiger partial charge in [0.25, 0.3) is 0 Å². The molecule has 0 saturated heterocycles. The predicted molar refractivity (Wildman–Crippen MR) is 108 cm³/mol. The smallest absolute Gasteiger partial charge is 0.237 e. The molecular weight excluding hydrogens is 391 g/mol. The first kappa shape index (κ1) is 19.3. The van der Waals surface area contributed by atoms with Crippen LogP contribution in [0.5, 0.6) is 5.75 Å². The Morgan fingerprint density at radius 1 is 1.03 bits per heavy atom. The van der Waals surface area contributed by atoms with Gasteiger partial charge in [-0.3, -0.25) is 0 Å². The molecule has 0 aromatic heterocycles. The number of ether oxygens (including phenoxy) is 1. The fourth-order valence-electron chi connectivity index (χ4n) is 3.39. The van der Waals surface area contributed by atoms with Crippen LogP contribution in [0.2, 0.25) is 0 Å². The first-order valence-electron chi connectivity index (χ1n) is 9.20. The number of nitrogens with zero attached hydrogens (tertiary/aromatic N) is 2. The Bertz CT molecular complexity index is 1170. The van der Waals surface area contributed by atoms with Crippen LogP contribution in [-0.4, -0.2) is 25.3 Å². The molecule has 1 unspecified atom stereocenters. The number of hydrogen-bond donors (Lipinski definition) is 0. The number of allylic oxidation sites excluding steroid dienone is 2. The highest BCUT2D eigenvalue weighted by Crippen LogP contribution is 2.29. The second kappa shape index (κ2) is 7.42. The van der Waals surface area contributed by atoms with Gasteiger partial charge in [-0.05, 0) is 49.4 Å². The third-order valence-electron chi connectivity index (χ3n) is 4.87. The summed E-state index contributed by atoms with van der Waals surface area (Å²) >= 11 is 0. The minimum absolute atomic E-state index is 0.0375. The van der Waals surface area contributed by atoms with E-state index < -0.39 is 15.7 Å². The molecule has 29 heavy (non-hydrogen) atoms. The molecule has 0 bridgehead atoms. The lowest BCUT2D eigenvalue weighted by Gasteiger charge is -2.28. The Kier molecular flexibility index (Phi) is 4.94. The zero-order chi connectivity index (χ0) is 20.5. The van der Waals surface area contributed by atoms with Gasteiger partial charge >= 0.3 is 0 Å². The van der Waals surface area contributed by atoms with Crippen molar-refractivity contribution in [3.8, 4) is 5.75 Å². The van der Waals surface area contributed by atoms with Crippen molar-refractivity contribution in [3.63, 3.8) is 0 Å². The number of quaternary nitrogens is 1. The minimum atomic E-state index is -3.83. The molecule has 1 atom stereocenters. The van der Waals surface area contributed by atoms with Crippen LogP contribution in [0.4, 0.5) is 4.39 Å². The van der Waals surface area contributed by atoms with Gasteiger partial charge in [-0.2, -0.15) is 4.99 Å². The Labute approximate surface area is 169 Å². The number of rotatable bonds is 6. The van der Waals surface area contributed by atoms with Crippen molar-refractivity contribution in [3.05, 3.63) is 90.7 Å². The lowest BCUT2D eigenvalue weighted by atomic mass is 10.1. The van der Waals surface area contributed by atoms with Gasteiger partial charge in [0.15, 0.2) is 11.6 Å². The molecule has 2 heterocycles. The van der Waals surface area contributed by atoms with Gasteiger partial charge < -0.3 is 4.74 Å². The third-order valence-corrected chi connectivity index (χ3v) is 6.63. The van der Waals surface area contributed by atoms with Crippen LogP contribution in [0.25, 0.3) is 0 Å². The maximum Gasteiger partial charge on any atom is 0.237 e. The number of fused-ring (bicyclic) bond motifs is 1. The molecule has 2 aliphatic rings. The van der Waals surface area contributed by atoms with E-state index in [1.54, 1.807) is 37.4 Å². The molecular formula is C22H20FN2O3S+. The normalized spacial score (nSPS) is 19.9. The van der Waals surface area contributed by atoms with E-state index in [1.807, 2.05) is 30.6 Å². The van der Waals surface area contributed by atoms with Crippen LogP contribution < -0.4 is 4.74 Å². The van der Waals surface area contributed by atoms with E-state index in [1.165, 1.54) is 12.1 Å². The van der Waals surface area contributed by atoms with Crippen molar-refractivity contribution < 1.29 is 22.0 Å². The van der Waals surface area contributed by atoms with Crippen LogP contribution in [-0.2, 0) is 16.4 Å². The van der Waals surface area contributed by atoms with Gasteiger partial charge in [0.05, 0.1) is 22.6 Å². The van der Waals surface area contributed by atoms with E-state index in [0.29, 0.717) is 17.6 Å². The molecule has 148 valence electrons. The molecule has 7 heteroatoms. The molecule has 2 aliphatic heterocycles. The van der Waals surface area contributed by atoms with Gasteiger partial charge in [-0.15, -0.1) is 0 Å². The molecule has 5 nitrogen and oxygen atoms in total. The molecule has 0 saturated carbocycles. The summed E-state index contributed by atoms with van der Waals surface area (Å²) < 4.78 is 45.5. The summed E-state index contributed by atoms with van der Waals surface area (Å²) in [6, 6.07) is 10.4. The Morgan fingerprint density at radius 2 is 1.79 bits per heavy atom. The highest BCUT2D eigenvalue weighted by molar-refractivity contribution is 7.91. The van der Waals surface area contributed by atoms with Crippen molar-refractivity contribution in [2.45, 2.75) is 23.3 Å². The third kappa shape index (κ3) is 3.54. The fraction of sp³-hybridized carbons (Fsp3) is 0.136. The number of amidine groups is 1. The van der Waals surface area contributed by atoms with Crippen molar-refractivity contribution in [1.29, 1.82) is 0 Å². The topological polar surface area (TPSA) is 55.7 Å². The average molecular weight is 411 g/mol. The van der Waals surface area contributed by atoms with Gasteiger partial charge in [-0.25, -0.2) is 17.3 Å². The first-order valence-corrected chi connectivity index (χ1v) is 10.7. The minimum Gasteiger partial charge on any atom is -0.491 e. The summed E-state index contributed by atoms with van der Waals surface area (Å²) in [7, 11) is -3.83. The molecule has 4 rings (SSSR count). The molecule has 0 N–H and O–H groups in total. The second-order valence-electron chi connectivity index (χ2n) is 6.75. The maximum absolute atomic E-state index is 14.1. The molecule has 0 radical (unpaired) electrons. The summed E-state index contributed by atoms with van der Waals surface area (Å²) in [6.45, 7) is 2.66. The van der Waals surface area contributed by atoms with Gasteiger partial charge in [-0.1, -0.05) is 12.1 Å². The van der Waals surface area contributed by atoms with E-state index in [9.17, 15) is 12.8 Å². The Morgan fingerprint density at radius 3 is 2.52 bits per heavy atom. The van der Waals surface area contributed by atoms with E-state index in [0.717, 1.165) is 17.5 Å². The van der Waals surface area contributed by atoms with Gasteiger partial charge in [0.2, 0.25) is 15.7 Å². The highest BCUT2D eigenvalue weighted by Gasteiger charge is 2.33.